The van der Waals surface area contributed by atoms with E-state index in [0.717, 1.165) is 25.1 Å². The summed E-state index contributed by atoms with van der Waals surface area (Å²) in [7, 11) is 1.92. The number of carbonyl (C=O) groups is 2. The molecule has 0 spiro atoms. The minimum atomic E-state index is -0.319. The summed E-state index contributed by atoms with van der Waals surface area (Å²) in [4.78, 5) is 34.5. The number of unbranched alkanes of at least 4 members (excludes halogenated alkanes) is 1. The summed E-state index contributed by atoms with van der Waals surface area (Å²) >= 11 is 0. The first-order valence-corrected chi connectivity index (χ1v) is 8.65. The maximum Gasteiger partial charge on any atom is 0.274 e. The van der Waals surface area contributed by atoms with Crippen molar-refractivity contribution in [3.8, 4) is 0 Å². The van der Waals surface area contributed by atoms with Crippen molar-refractivity contribution in [3.63, 3.8) is 0 Å². The van der Waals surface area contributed by atoms with Crippen LogP contribution < -0.4 is 15.5 Å². The molecule has 0 unspecified atom stereocenters. The summed E-state index contributed by atoms with van der Waals surface area (Å²) in [5, 5.41) is 5.50. The molecule has 1 heterocycles. The van der Waals surface area contributed by atoms with Crippen LogP contribution in [-0.2, 0) is 4.79 Å². The fourth-order valence-electron chi connectivity index (χ4n) is 2.41. The number of hydrogen-bond donors (Lipinski definition) is 2. The SMILES string of the molecule is CCCCN(C)c1nc(C)cc(C(=O)Nc2cccc(NC(C)=O)c2)n1. The number of rotatable bonds is 7. The number of carbonyl (C=O) groups excluding carboxylic acids is 2. The van der Waals surface area contributed by atoms with Crippen molar-refractivity contribution in [1.29, 1.82) is 0 Å². The molecular weight excluding hydrogens is 330 g/mol. The van der Waals surface area contributed by atoms with Gasteiger partial charge in [-0.05, 0) is 37.6 Å². The first kappa shape index (κ1) is 19.4. The Kier molecular flexibility index (Phi) is 6.66. The lowest BCUT2D eigenvalue weighted by atomic mass is 10.2. The predicted octanol–water partition coefficient (Wildman–Crippen LogP) is 3.23. The van der Waals surface area contributed by atoms with Gasteiger partial charge in [0.15, 0.2) is 0 Å². The second-order valence-electron chi connectivity index (χ2n) is 6.19. The Morgan fingerprint density at radius 1 is 1.12 bits per heavy atom. The van der Waals surface area contributed by atoms with Crippen molar-refractivity contribution in [3.05, 3.63) is 41.7 Å². The Balaban J connectivity index is 2.16. The zero-order chi connectivity index (χ0) is 19.1. The Morgan fingerprint density at radius 3 is 2.46 bits per heavy atom. The number of benzene rings is 1. The van der Waals surface area contributed by atoms with E-state index < -0.39 is 0 Å². The van der Waals surface area contributed by atoms with E-state index in [1.165, 1.54) is 6.92 Å². The van der Waals surface area contributed by atoms with Gasteiger partial charge >= 0.3 is 0 Å². The van der Waals surface area contributed by atoms with Gasteiger partial charge in [0.2, 0.25) is 11.9 Å². The highest BCUT2D eigenvalue weighted by Gasteiger charge is 2.13. The smallest absolute Gasteiger partial charge is 0.274 e. The topological polar surface area (TPSA) is 87.2 Å². The summed E-state index contributed by atoms with van der Waals surface area (Å²) in [5.74, 6) is 0.0517. The van der Waals surface area contributed by atoms with Crippen LogP contribution in [0.25, 0.3) is 0 Å². The molecule has 0 saturated heterocycles. The van der Waals surface area contributed by atoms with Crippen molar-refractivity contribution < 1.29 is 9.59 Å². The molecule has 0 bridgehead atoms. The molecular formula is C19H25N5O2. The fourth-order valence-corrected chi connectivity index (χ4v) is 2.41. The molecule has 7 heteroatoms. The van der Waals surface area contributed by atoms with E-state index in [0.29, 0.717) is 23.0 Å². The van der Waals surface area contributed by atoms with Gasteiger partial charge in [0.05, 0.1) is 0 Å². The number of hydrogen-bond acceptors (Lipinski definition) is 5. The number of anilines is 3. The number of nitrogens with one attached hydrogen (secondary N) is 2. The number of nitrogens with zero attached hydrogens (tertiary/aromatic N) is 3. The van der Waals surface area contributed by atoms with Gasteiger partial charge in [-0.25, -0.2) is 9.97 Å². The van der Waals surface area contributed by atoms with E-state index in [-0.39, 0.29) is 11.8 Å². The largest absolute Gasteiger partial charge is 0.344 e. The highest BCUT2D eigenvalue weighted by atomic mass is 16.2. The van der Waals surface area contributed by atoms with E-state index in [2.05, 4.69) is 27.5 Å². The van der Waals surface area contributed by atoms with Crippen LogP contribution in [0.3, 0.4) is 0 Å². The fraction of sp³-hybridized carbons (Fsp3) is 0.368. The summed E-state index contributed by atoms with van der Waals surface area (Å²) in [5.41, 5.74) is 2.24. The van der Waals surface area contributed by atoms with Crippen LogP contribution in [0.15, 0.2) is 30.3 Å². The molecule has 138 valence electrons. The van der Waals surface area contributed by atoms with Crippen LogP contribution in [0.2, 0.25) is 0 Å². The average molecular weight is 355 g/mol. The molecule has 0 aliphatic rings. The van der Waals surface area contributed by atoms with E-state index in [4.69, 9.17) is 0 Å². The number of amides is 2. The van der Waals surface area contributed by atoms with Crippen molar-refractivity contribution >= 4 is 29.1 Å². The normalized spacial score (nSPS) is 10.3. The number of aromatic nitrogens is 2. The molecule has 0 aliphatic heterocycles. The summed E-state index contributed by atoms with van der Waals surface area (Å²) < 4.78 is 0. The van der Waals surface area contributed by atoms with Gasteiger partial charge < -0.3 is 15.5 Å². The van der Waals surface area contributed by atoms with Gasteiger partial charge in [0, 0.05) is 37.6 Å². The first-order chi connectivity index (χ1) is 12.4. The zero-order valence-corrected chi connectivity index (χ0v) is 15.7. The predicted molar refractivity (Wildman–Crippen MR) is 104 cm³/mol. The van der Waals surface area contributed by atoms with Crippen LogP contribution in [-0.4, -0.2) is 35.4 Å². The maximum atomic E-state index is 12.6. The third-order valence-electron chi connectivity index (χ3n) is 3.70. The van der Waals surface area contributed by atoms with Gasteiger partial charge in [0.1, 0.15) is 5.69 Å². The summed E-state index contributed by atoms with van der Waals surface area (Å²) in [6.07, 6.45) is 2.11. The van der Waals surface area contributed by atoms with Crippen LogP contribution in [0, 0.1) is 6.92 Å². The molecule has 7 nitrogen and oxygen atoms in total. The van der Waals surface area contributed by atoms with Crippen LogP contribution in [0.5, 0.6) is 0 Å². The third kappa shape index (κ3) is 5.54. The monoisotopic (exact) mass is 355 g/mol. The molecule has 2 rings (SSSR count). The summed E-state index contributed by atoms with van der Waals surface area (Å²) in [6, 6.07) is 8.63. The quantitative estimate of drug-likeness (QED) is 0.796. The maximum absolute atomic E-state index is 12.6. The number of aryl methyl sites for hydroxylation is 1. The van der Waals surface area contributed by atoms with Crippen LogP contribution in [0.1, 0.15) is 42.9 Å². The van der Waals surface area contributed by atoms with Crippen molar-refractivity contribution in [2.45, 2.75) is 33.6 Å². The average Bonchev–Trinajstić information content (AvgIpc) is 2.58. The standard InChI is InChI=1S/C19H25N5O2/c1-5-6-10-24(4)19-20-13(2)11-17(23-19)18(26)22-16-9-7-8-15(12-16)21-14(3)25/h7-9,11-12H,5-6,10H2,1-4H3,(H,21,25)(H,22,26). The molecule has 0 radical (unpaired) electrons. The molecule has 0 atom stereocenters. The zero-order valence-electron chi connectivity index (χ0n) is 15.7. The highest BCUT2D eigenvalue weighted by Crippen LogP contribution is 2.17. The van der Waals surface area contributed by atoms with Crippen molar-refractivity contribution in [2.75, 3.05) is 29.1 Å². The van der Waals surface area contributed by atoms with Crippen molar-refractivity contribution in [1.82, 2.24) is 9.97 Å². The Labute approximate surface area is 153 Å². The third-order valence-corrected chi connectivity index (χ3v) is 3.70. The molecule has 2 amide bonds. The van der Waals surface area contributed by atoms with Gasteiger partial charge in [-0.2, -0.15) is 0 Å². The van der Waals surface area contributed by atoms with Crippen LogP contribution >= 0.6 is 0 Å². The van der Waals surface area contributed by atoms with Gasteiger partial charge in [0.25, 0.3) is 5.91 Å². The molecule has 1 aromatic carbocycles. The molecule has 2 N–H and O–H groups in total. The Hall–Kier alpha value is -2.96. The second-order valence-corrected chi connectivity index (χ2v) is 6.19. The van der Waals surface area contributed by atoms with Gasteiger partial charge in [-0.3, -0.25) is 9.59 Å². The second kappa shape index (κ2) is 8.94. The molecule has 0 aliphatic carbocycles. The lowest BCUT2D eigenvalue weighted by molar-refractivity contribution is -0.114. The highest BCUT2D eigenvalue weighted by molar-refractivity contribution is 6.03. The lowest BCUT2D eigenvalue weighted by Crippen LogP contribution is -2.23. The molecule has 1 aromatic heterocycles. The van der Waals surface area contributed by atoms with Crippen molar-refractivity contribution in [2.24, 2.45) is 0 Å². The van der Waals surface area contributed by atoms with E-state index in [1.807, 2.05) is 18.9 Å². The van der Waals surface area contributed by atoms with E-state index in [9.17, 15) is 9.59 Å². The minimum absolute atomic E-state index is 0.167. The minimum Gasteiger partial charge on any atom is -0.344 e. The van der Waals surface area contributed by atoms with Crippen LogP contribution in [0.4, 0.5) is 17.3 Å². The first-order valence-electron chi connectivity index (χ1n) is 8.65. The van der Waals surface area contributed by atoms with E-state index in [1.54, 1.807) is 30.3 Å². The Morgan fingerprint density at radius 2 is 1.81 bits per heavy atom. The van der Waals surface area contributed by atoms with Gasteiger partial charge in [-0.1, -0.05) is 19.4 Å². The van der Waals surface area contributed by atoms with E-state index >= 15 is 0 Å². The van der Waals surface area contributed by atoms with Gasteiger partial charge in [-0.15, -0.1) is 0 Å². The Bertz CT molecular complexity index is 791. The molecule has 0 fully saturated rings. The molecule has 26 heavy (non-hydrogen) atoms. The molecule has 2 aromatic rings. The lowest BCUT2D eigenvalue weighted by Gasteiger charge is -2.17. The molecule has 0 saturated carbocycles. The summed E-state index contributed by atoms with van der Waals surface area (Å²) in [6.45, 7) is 6.23.